The number of nitrogens with zero attached hydrogens (tertiary/aromatic N) is 5. The maximum atomic E-state index is 5.95. The van der Waals surface area contributed by atoms with Crippen LogP contribution < -0.4 is 15.4 Å². The maximum absolute atomic E-state index is 5.95. The third kappa shape index (κ3) is 2.28. The molecule has 0 bridgehead atoms. The summed E-state index contributed by atoms with van der Waals surface area (Å²) >= 11 is 0. The van der Waals surface area contributed by atoms with E-state index in [4.69, 9.17) is 10.5 Å². The second-order valence-corrected chi connectivity index (χ2v) is 5.17. The van der Waals surface area contributed by atoms with Gasteiger partial charge >= 0.3 is 0 Å². The van der Waals surface area contributed by atoms with E-state index in [0.29, 0.717) is 5.65 Å². The fourth-order valence-corrected chi connectivity index (χ4v) is 2.69. The van der Waals surface area contributed by atoms with Crippen molar-refractivity contribution in [1.29, 1.82) is 0 Å². The molecule has 0 radical (unpaired) electrons. The van der Waals surface area contributed by atoms with Gasteiger partial charge in [-0.05, 0) is 12.1 Å². The molecular formula is C14H15N7O. The van der Waals surface area contributed by atoms with Gasteiger partial charge in [-0.25, -0.2) is 4.98 Å². The van der Waals surface area contributed by atoms with Gasteiger partial charge in [0.1, 0.15) is 17.4 Å². The number of nitrogens with one attached hydrogen (secondary N) is 1. The number of fused-ring (bicyclic) bond motifs is 1. The van der Waals surface area contributed by atoms with Crippen LogP contribution in [0.5, 0.6) is 5.75 Å². The standard InChI is InChI=1S/C14H15N7O/c15-14-19-12-11(17-8-18-12)13(20-14)21-5-3-10(7-21)22-9-2-1-4-16-6-9/h1-2,4,6,8,10H,3,5,7H2,(H3,15,17,18,19,20)/t10-/m0/s1. The summed E-state index contributed by atoms with van der Waals surface area (Å²) in [6, 6.07) is 3.77. The lowest BCUT2D eigenvalue weighted by Crippen LogP contribution is -2.26. The Morgan fingerprint density at radius 3 is 3.18 bits per heavy atom. The van der Waals surface area contributed by atoms with E-state index in [1.54, 1.807) is 18.7 Å². The van der Waals surface area contributed by atoms with E-state index >= 15 is 0 Å². The first-order valence-electron chi connectivity index (χ1n) is 7.08. The number of nitrogen functional groups attached to an aromatic ring is 1. The van der Waals surface area contributed by atoms with E-state index in [1.165, 1.54) is 0 Å². The van der Waals surface area contributed by atoms with Gasteiger partial charge in [0.2, 0.25) is 5.95 Å². The van der Waals surface area contributed by atoms with Crippen LogP contribution in [-0.2, 0) is 0 Å². The molecule has 0 amide bonds. The van der Waals surface area contributed by atoms with Crippen molar-refractivity contribution in [3.8, 4) is 5.75 Å². The van der Waals surface area contributed by atoms with Gasteiger partial charge in [0.25, 0.3) is 0 Å². The monoisotopic (exact) mass is 297 g/mol. The molecule has 1 aliphatic rings. The van der Waals surface area contributed by atoms with Gasteiger partial charge in [-0.3, -0.25) is 4.98 Å². The Labute approximate surface area is 126 Å². The lowest BCUT2D eigenvalue weighted by Gasteiger charge is -2.18. The molecule has 4 heterocycles. The predicted octanol–water partition coefficient (Wildman–Crippen LogP) is 0.988. The topological polar surface area (TPSA) is 106 Å². The number of aromatic nitrogens is 5. The normalized spacial score (nSPS) is 18.0. The molecule has 4 rings (SSSR count). The van der Waals surface area contributed by atoms with E-state index in [1.807, 2.05) is 12.1 Å². The molecular weight excluding hydrogens is 282 g/mol. The summed E-state index contributed by atoms with van der Waals surface area (Å²) in [5.41, 5.74) is 7.15. The van der Waals surface area contributed by atoms with Gasteiger partial charge in [0.15, 0.2) is 11.5 Å². The van der Waals surface area contributed by atoms with Gasteiger partial charge in [-0.2, -0.15) is 9.97 Å². The minimum absolute atomic E-state index is 0.0957. The number of rotatable bonds is 3. The summed E-state index contributed by atoms with van der Waals surface area (Å²) in [4.78, 5) is 21.9. The highest BCUT2D eigenvalue weighted by atomic mass is 16.5. The minimum Gasteiger partial charge on any atom is -0.487 e. The number of hydrogen-bond donors (Lipinski definition) is 2. The molecule has 22 heavy (non-hydrogen) atoms. The summed E-state index contributed by atoms with van der Waals surface area (Å²) in [5.74, 6) is 1.78. The molecule has 8 nitrogen and oxygen atoms in total. The van der Waals surface area contributed by atoms with Crippen LogP contribution in [0.25, 0.3) is 11.2 Å². The molecule has 3 N–H and O–H groups in total. The lowest BCUT2D eigenvalue weighted by molar-refractivity contribution is 0.224. The maximum Gasteiger partial charge on any atom is 0.224 e. The van der Waals surface area contributed by atoms with E-state index in [-0.39, 0.29) is 12.1 Å². The van der Waals surface area contributed by atoms with Crippen molar-refractivity contribution in [2.45, 2.75) is 12.5 Å². The molecule has 1 atom stereocenters. The Balaban J connectivity index is 1.56. The predicted molar refractivity (Wildman–Crippen MR) is 81.6 cm³/mol. The van der Waals surface area contributed by atoms with Crippen molar-refractivity contribution in [3.63, 3.8) is 0 Å². The number of aromatic amines is 1. The largest absolute Gasteiger partial charge is 0.487 e. The smallest absolute Gasteiger partial charge is 0.224 e. The Kier molecular flexibility index (Phi) is 2.99. The molecule has 3 aromatic heterocycles. The van der Waals surface area contributed by atoms with Crippen LogP contribution in [0, 0.1) is 0 Å². The van der Waals surface area contributed by atoms with E-state index in [2.05, 4.69) is 29.8 Å². The van der Waals surface area contributed by atoms with Gasteiger partial charge in [-0.1, -0.05) is 0 Å². The van der Waals surface area contributed by atoms with Gasteiger partial charge in [0.05, 0.1) is 19.1 Å². The van der Waals surface area contributed by atoms with Crippen LogP contribution in [0.3, 0.4) is 0 Å². The van der Waals surface area contributed by atoms with Crippen LogP contribution in [0.2, 0.25) is 0 Å². The summed E-state index contributed by atoms with van der Waals surface area (Å²) in [7, 11) is 0. The number of anilines is 2. The molecule has 0 unspecified atom stereocenters. The second kappa shape index (κ2) is 5.14. The minimum atomic E-state index is 0.0957. The van der Waals surface area contributed by atoms with Crippen molar-refractivity contribution in [2.24, 2.45) is 0 Å². The van der Waals surface area contributed by atoms with Crippen LogP contribution >= 0.6 is 0 Å². The van der Waals surface area contributed by atoms with Crippen LogP contribution in [0.15, 0.2) is 30.9 Å². The molecule has 3 aromatic rings. The highest BCUT2D eigenvalue weighted by Crippen LogP contribution is 2.26. The van der Waals surface area contributed by atoms with Crippen LogP contribution in [-0.4, -0.2) is 44.1 Å². The van der Waals surface area contributed by atoms with Gasteiger partial charge in [-0.15, -0.1) is 0 Å². The van der Waals surface area contributed by atoms with Crippen LogP contribution in [0.1, 0.15) is 6.42 Å². The number of nitrogens with two attached hydrogens (primary N) is 1. The molecule has 112 valence electrons. The van der Waals surface area contributed by atoms with Crippen molar-refractivity contribution in [2.75, 3.05) is 23.7 Å². The highest BCUT2D eigenvalue weighted by Gasteiger charge is 2.27. The van der Waals surface area contributed by atoms with Crippen LogP contribution in [0.4, 0.5) is 11.8 Å². The van der Waals surface area contributed by atoms with E-state index in [0.717, 1.165) is 36.6 Å². The number of pyridine rings is 1. The van der Waals surface area contributed by atoms with Crippen molar-refractivity contribution in [1.82, 2.24) is 24.9 Å². The zero-order chi connectivity index (χ0) is 14.9. The summed E-state index contributed by atoms with van der Waals surface area (Å²) in [5, 5.41) is 0. The van der Waals surface area contributed by atoms with E-state index in [9.17, 15) is 0 Å². The van der Waals surface area contributed by atoms with Crippen molar-refractivity contribution >= 4 is 22.9 Å². The quantitative estimate of drug-likeness (QED) is 0.742. The van der Waals surface area contributed by atoms with Crippen molar-refractivity contribution in [3.05, 3.63) is 30.9 Å². The van der Waals surface area contributed by atoms with Crippen molar-refractivity contribution < 1.29 is 4.74 Å². The first-order chi connectivity index (χ1) is 10.8. The summed E-state index contributed by atoms with van der Waals surface area (Å²) in [6.07, 6.45) is 6.06. The average Bonchev–Trinajstić information content (AvgIpc) is 3.16. The lowest BCUT2D eigenvalue weighted by atomic mass is 10.3. The Bertz CT molecular complexity index is 788. The highest BCUT2D eigenvalue weighted by molar-refractivity contribution is 5.84. The summed E-state index contributed by atoms with van der Waals surface area (Å²) < 4.78 is 5.95. The SMILES string of the molecule is Nc1nc(N2CC[C@H](Oc3cccnc3)C2)c2[nH]cnc2n1. The third-order valence-corrected chi connectivity index (χ3v) is 3.67. The fraction of sp³-hybridized carbons (Fsp3) is 0.286. The molecule has 0 spiro atoms. The van der Waals surface area contributed by atoms with Gasteiger partial charge < -0.3 is 20.4 Å². The van der Waals surface area contributed by atoms with Gasteiger partial charge in [0, 0.05) is 19.2 Å². The number of hydrogen-bond acceptors (Lipinski definition) is 7. The molecule has 1 aliphatic heterocycles. The van der Waals surface area contributed by atoms with E-state index < -0.39 is 0 Å². The Morgan fingerprint density at radius 1 is 1.36 bits per heavy atom. The second-order valence-electron chi connectivity index (χ2n) is 5.17. The zero-order valence-electron chi connectivity index (χ0n) is 11.8. The zero-order valence-corrected chi connectivity index (χ0v) is 11.8. The summed E-state index contributed by atoms with van der Waals surface area (Å²) in [6.45, 7) is 1.58. The molecule has 0 saturated carbocycles. The Hall–Kier alpha value is -2.90. The molecule has 8 heteroatoms. The molecule has 1 fully saturated rings. The first kappa shape index (κ1) is 12.8. The Morgan fingerprint density at radius 2 is 2.32 bits per heavy atom. The first-order valence-corrected chi connectivity index (χ1v) is 7.08. The number of ether oxygens (including phenoxy) is 1. The molecule has 0 aliphatic carbocycles. The fourth-order valence-electron chi connectivity index (χ4n) is 2.69. The number of imidazole rings is 1. The molecule has 1 saturated heterocycles. The number of H-pyrrole nitrogens is 1. The molecule has 0 aromatic carbocycles. The average molecular weight is 297 g/mol. The third-order valence-electron chi connectivity index (χ3n) is 3.67.